The van der Waals surface area contributed by atoms with Crippen LogP contribution in [0.15, 0.2) is 6.33 Å². The Labute approximate surface area is 122 Å². The Morgan fingerprint density at radius 2 is 2.10 bits per heavy atom. The monoisotopic (exact) mass is 277 g/mol. The Hall–Kier alpha value is -1.36. The lowest BCUT2D eigenvalue weighted by atomic mass is 9.99. The van der Waals surface area contributed by atoms with Gasteiger partial charge in [-0.15, -0.1) is 0 Å². The maximum atomic E-state index is 4.41. The highest BCUT2D eigenvalue weighted by atomic mass is 15.2. The fourth-order valence-electron chi connectivity index (χ4n) is 2.63. The first-order valence-electron chi connectivity index (χ1n) is 7.64. The molecule has 0 amide bonds. The van der Waals surface area contributed by atoms with E-state index >= 15 is 0 Å². The van der Waals surface area contributed by atoms with E-state index < -0.39 is 0 Å². The molecule has 2 heterocycles. The molecule has 112 valence electrons. The molecule has 1 saturated heterocycles. The van der Waals surface area contributed by atoms with Crippen LogP contribution < -0.4 is 10.6 Å². The Kier molecular flexibility index (Phi) is 5.17. The number of nitrogens with zero attached hydrogens (tertiary/aromatic N) is 3. The molecule has 2 N–H and O–H groups in total. The number of hydrogen-bond donors (Lipinski definition) is 2. The first-order chi connectivity index (χ1) is 9.61. The lowest BCUT2D eigenvalue weighted by Gasteiger charge is -2.35. The Morgan fingerprint density at radius 3 is 2.80 bits per heavy atom. The summed E-state index contributed by atoms with van der Waals surface area (Å²) in [6, 6.07) is 1.13. The number of nitrogens with one attached hydrogen (secondary N) is 2. The molecule has 1 aliphatic heterocycles. The largest absolute Gasteiger partial charge is 0.370 e. The molecule has 5 nitrogen and oxygen atoms in total. The van der Waals surface area contributed by atoms with Crippen molar-refractivity contribution in [1.29, 1.82) is 0 Å². The van der Waals surface area contributed by atoms with Gasteiger partial charge in [-0.1, -0.05) is 6.92 Å². The second-order valence-electron chi connectivity index (χ2n) is 5.82. The fraction of sp³-hybridized carbons (Fsp3) is 0.733. The van der Waals surface area contributed by atoms with E-state index in [0.717, 1.165) is 43.1 Å². The highest BCUT2D eigenvalue weighted by molar-refractivity contribution is 5.56. The summed E-state index contributed by atoms with van der Waals surface area (Å²) >= 11 is 0. The van der Waals surface area contributed by atoms with Crippen LogP contribution in [0.4, 0.5) is 11.6 Å². The van der Waals surface area contributed by atoms with Crippen molar-refractivity contribution in [1.82, 2.24) is 14.9 Å². The number of anilines is 2. The molecule has 0 bridgehead atoms. The lowest BCUT2D eigenvalue weighted by Crippen LogP contribution is -2.42. The van der Waals surface area contributed by atoms with Gasteiger partial charge in [-0.05, 0) is 40.2 Å². The molecule has 20 heavy (non-hydrogen) atoms. The summed E-state index contributed by atoms with van der Waals surface area (Å²) in [5.41, 5.74) is 1.12. The van der Waals surface area contributed by atoms with Crippen LogP contribution in [0.2, 0.25) is 0 Å². The molecular formula is C15H27N5. The van der Waals surface area contributed by atoms with Crippen molar-refractivity contribution in [3.05, 3.63) is 11.9 Å². The van der Waals surface area contributed by atoms with Gasteiger partial charge in [0.05, 0.1) is 0 Å². The Bertz CT molecular complexity index is 434. The van der Waals surface area contributed by atoms with Crippen LogP contribution in [0.3, 0.4) is 0 Å². The van der Waals surface area contributed by atoms with E-state index in [1.54, 1.807) is 6.33 Å². The molecular weight excluding hydrogens is 250 g/mol. The molecule has 2 unspecified atom stereocenters. The third kappa shape index (κ3) is 3.60. The van der Waals surface area contributed by atoms with Crippen LogP contribution in [-0.2, 0) is 0 Å². The number of hydrogen-bond acceptors (Lipinski definition) is 5. The molecule has 1 fully saturated rings. The summed E-state index contributed by atoms with van der Waals surface area (Å²) in [4.78, 5) is 11.2. The van der Waals surface area contributed by atoms with Gasteiger partial charge in [-0.2, -0.15) is 0 Å². The van der Waals surface area contributed by atoms with Crippen LogP contribution in [0.1, 0.15) is 38.7 Å². The quantitative estimate of drug-likeness (QED) is 0.866. The molecule has 1 aromatic heterocycles. The van der Waals surface area contributed by atoms with E-state index in [0.29, 0.717) is 12.1 Å². The zero-order valence-corrected chi connectivity index (χ0v) is 13.1. The van der Waals surface area contributed by atoms with Gasteiger partial charge >= 0.3 is 0 Å². The SMILES string of the molecule is CCCNc1ncnc(NC2CCN(C)C(C)C2)c1C. The second kappa shape index (κ2) is 6.88. The average molecular weight is 277 g/mol. The average Bonchev–Trinajstić information content (AvgIpc) is 2.44. The molecule has 0 spiro atoms. The van der Waals surface area contributed by atoms with Crippen molar-refractivity contribution in [2.24, 2.45) is 0 Å². The van der Waals surface area contributed by atoms with Crippen LogP contribution in [0.25, 0.3) is 0 Å². The molecule has 0 aliphatic carbocycles. The summed E-state index contributed by atoms with van der Waals surface area (Å²) in [5, 5.41) is 6.96. The molecule has 0 aromatic carbocycles. The third-order valence-corrected chi connectivity index (χ3v) is 4.18. The predicted molar refractivity (Wildman–Crippen MR) is 84.3 cm³/mol. The van der Waals surface area contributed by atoms with Crippen LogP contribution >= 0.6 is 0 Å². The maximum Gasteiger partial charge on any atom is 0.134 e. The van der Waals surface area contributed by atoms with Crippen molar-refractivity contribution in [2.45, 2.75) is 52.1 Å². The van der Waals surface area contributed by atoms with Gasteiger partial charge in [0.2, 0.25) is 0 Å². The number of rotatable bonds is 5. The number of aromatic nitrogens is 2. The van der Waals surface area contributed by atoms with Crippen molar-refractivity contribution in [3.63, 3.8) is 0 Å². The van der Waals surface area contributed by atoms with E-state index in [-0.39, 0.29) is 0 Å². The highest BCUT2D eigenvalue weighted by Crippen LogP contribution is 2.23. The number of likely N-dealkylation sites (tertiary alicyclic amines) is 1. The molecule has 2 atom stereocenters. The summed E-state index contributed by atoms with van der Waals surface area (Å²) in [5.74, 6) is 1.92. The minimum absolute atomic E-state index is 0.508. The molecule has 0 saturated carbocycles. The van der Waals surface area contributed by atoms with Crippen molar-refractivity contribution >= 4 is 11.6 Å². The van der Waals surface area contributed by atoms with E-state index in [9.17, 15) is 0 Å². The smallest absolute Gasteiger partial charge is 0.134 e. The van der Waals surface area contributed by atoms with Crippen molar-refractivity contribution < 1.29 is 0 Å². The summed E-state index contributed by atoms with van der Waals surface area (Å²) < 4.78 is 0. The van der Waals surface area contributed by atoms with Crippen LogP contribution in [-0.4, -0.2) is 47.1 Å². The van der Waals surface area contributed by atoms with Gasteiger partial charge in [0, 0.05) is 30.7 Å². The lowest BCUT2D eigenvalue weighted by molar-refractivity contribution is 0.190. The van der Waals surface area contributed by atoms with E-state index in [4.69, 9.17) is 0 Å². The third-order valence-electron chi connectivity index (χ3n) is 4.18. The Balaban J connectivity index is 2.02. The summed E-state index contributed by atoms with van der Waals surface area (Å²) in [6.07, 6.45) is 5.07. The minimum atomic E-state index is 0.508. The molecule has 5 heteroatoms. The molecule has 1 aromatic rings. The predicted octanol–water partition coefficient (Wildman–Crippen LogP) is 2.50. The minimum Gasteiger partial charge on any atom is -0.370 e. The van der Waals surface area contributed by atoms with Gasteiger partial charge in [-0.3, -0.25) is 0 Å². The highest BCUT2D eigenvalue weighted by Gasteiger charge is 2.23. The zero-order chi connectivity index (χ0) is 14.5. The van der Waals surface area contributed by atoms with E-state index in [1.807, 2.05) is 0 Å². The normalized spacial score (nSPS) is 23.6. The van der Waals surface area contributed by atoms with Crippen molar-refractivity contribution in [2.75, 3.05) is 30.8 Å². The van der Waals surface area contributed by atoms with E-state index in [1.165, 1.54) is 6.42 Å². The molecule has 1 aliphatic rings. The van der Waals surface area contributed by atoms with Crippen LogP contribution in [0.5, 0.6) is 0 Å². The van der Waals surface area contributed by atoms with Gasteiger partial charge in [0.15, 0.2) is 0 Å². The summed E-state index contributed by atoms with van der Waals surface area (Å²) in [7, 11) is 2.20. The molecule has 0 radical (unpaired) electrons. The van der Waals surface area contributed by atoms with Gasteiger partial charge in [-0.25, -0.2) is 9.97 Å². The van der Waals surface area contributed by atoms with Gasteiger partial charge in [0.25, 0.3) is 0 Å². The zero-order valence-electron chi connectivity index (χ0n) is 13.1. The van der Waals surface area contributed by atoms with E-state index in [2.05, 4.69) is 53.3 Å². The molecule has 2 rings (SSSR count). The first kappa shape index (κ1) is 15.0. The topological polar surface area (TPSA) is 53.1 Å². The van der Waals surface area contributed by atoms with Gasteiger partial charge < -0.3 is 15.5 Å². The maximum absolute atomic E-state index is 4.41. The second-order valence-corrected chi connectivity index (χ2v) is 5.82. The van der Waals surface area contributed by atoms with Crippen molar-refractivity contribution in [3.8, 4) is 0 Å². The Morgan fingerprint density at radius 1 is 1.35 bits per heavy atom. The fourth-order valence-corrected chi connectivity index (χ4v) is 2.63. The van der Waals surface area contributed by atoms with Gasteiger partial charge in [0.1, 0.15) is 18.0 Å². The standard InChI is InChI=1S/C15H27N5/c1-5-7-16-14-12(3)15(18-10-17-14)19-13-6-8-20(4)11(2)9-13/h10-11,13H,5-9H2,1-4H3,(H2,16,17,18,19). The van der Waals surface area contributed by atoms with Crippen LogP contribution in [0, 0.1) is 6.92 Å². The number of piperidine rings is 1. The first-order valence-corrected chi connectivity index (χ1v) is 7.64. The summed E-state index contributed by atoms with van der Waals surface area (Å²) in [6.45, 7) is 8.61.